The van der Waals surface area contributed by atoms with E-state index in [9.17, 15) is 0 Å². The molecule has 18 heavy (non-hydrogen) atoms. The number of nitrogens with two attached hydrogens (primary N) is 1. The average molecular weight is 249 g/mol. The van der Waals surface area contributed by atoms with Gasteiger partial charge in [-0.25, -0.2) is 0 Å². The Morgan fingerprint density at radius 1 is 1.61 bits per heavy atom. The van der Waals surface area contributed by atoms with Crippen LogP contribution in [-0.4, -0.2) is 42.2 Å². The maximum absolute atomic E-state index is 6.31. The first kappa shape index (κ1) is 13.5. The average Bonchev–Trinajstić information content (AvgIpc) is 2.88. The Labute approximate surface area is 109 Å². The molecule has 1 fully saturated rings. The molecule has 1 aliphatic heterocycles. The van der Waals surface area contributed by atoms with E-state index in [1.807, 2.05) is 12.3 Å². The number of aromatic nitrogens is 1. The molecule has 4 heteroatoms. The molecule has 3 unspecified atom stereocenters. The summed E-state index contributed by atoms with van der Waals surface area (Å²) in [6.45, 7) is 4.15. The standard InChI is InChI=1S/C14H23N3O/c1-3-13(15)14(11-5-4-7-16-9-11)17-8-6-12(10-17)18-2/h4-5,7,9,12-14H,3,6,8,10,15H2,1-2H3. The zero-order chi connectivity index (χ0) is 13.0. The summed E-state index contributed by atoms with van der Waals surface area (Å²) in [5, 5.41) is 0. The van der Waals surface area contributed by atoms with Gasteiger partial charge in [-0.05, 0) is 24.5 Å². The second-order valence-corrected chi connectivity index (χ2v) is 4.94. The predicted molar refractivity (Wildman–Crippen MR) is 72.2 cm³/mol. The highest BCUT2D eigenvalue weighted by Crippen LogP contribution is 2.28. The monoisotopic (exact) mass is 249 g/mol. The zero-order valence-corrected chi connectivity index (χ0v) is 11.2. The molecule has 2 rings (SSSR count). The number of pyridine rings is 1. The molecule has 1 aliphatic rings. The third-order valence-electron chi connectivity index (χ3n) is 3.81. The van der Waals surface area contributed by atoms with Crippen LogP contribution in [0.3, 0.4) is 0 Å². The van der Waals surface area contributed by atoms with Crippen LogP contribution in [0.4, 0.5) is 0 Å². The molecule has 3 atom stereocenters. The van der Waals surface area contributed by atoms with Gasteiger partial charge in [0.1, 0.15) is 0 Å². The van der Waals surface area contributed by atoms with Gasteiger partial charge in [0.05, 0.1) is 12.1 Å². The van der Waals surface area contributed by atoms with Crippen molar-refractivity contribution in [3.63, 3.8) is 0 Å². The van der Waals surface area contributed by atoms with Gasteiger partial charge in [-0.15, -0.1) is 0 Å². The minimum atomic E-state index is 0.143. The van der Waals surface area contributed by atoms with Crippen molar-refractivity contribution in [2.24, 2.45) is 5.73 Å². The van der Waals surface area contributed by atoms with Crippen molar-refractivity contribution in [2.75, 3.05) is 20.2 Å². The molecular weight excluding hydrogens is 226 g/mol. The summed E-state index contributed by atoms with van der Waals surface area (Å²) in [6.07, 6.45) is 6.13. The molecule has 0 bridgehead atoms. The first-order chi connectivity index (χ1) is 8.76. The first-order valence-electron chi connectivity index (χ1n) is 6.68. The van der Waals surface area contributed by atoms with E-state index in [2.05, 4.69) is 22.9 Å². The predicted octanol–water partition coefficient (Wildman–Crippen LogP) is 1.58. The van der Waals surface area contributed by atoms with Crippen LogP contribution in [0.25, 0.3) is 0 Å². The molecule has 2 heterocycles. The second kappa shape index (κ2) is 6.27. The molecule has 0 radical (unpaired) electrons. The van der Waals surface area contributed by atoms with Gasteiger partial charge in [0.2, 0.25) is 0 Å². The van der Waals surface area contributed by atoms with Crippen LogP contribution in [0, 0.1) is 0 Å². The molecule has 0 spiro atoms. The van der Waals surface area contributed by atoms with Gasteiger partial charge in [-0.1, -0.05) is 13.0 Å². The maximum Gasteiger partial charge on any atom is 0.0710 e. The van der Waals surface area contributed by atoms with Crippen LogP contribution in [0.1, 0.15) is 31.4 Å². The number of nitrogens with zero attached hydrogens (tertiary/aromatic N) is 2. The van der Waals surface area contributed by atoms with Crippen molar-refractivity contribution in [1.29, 1.82) is 0 Å². The Morgan fingerprint density at radius 2 is 2.44 bits per heavy atom. The molecule has 1 aromatic heterocycles. The molecule has 100 valence electrons. The quantitative estimate of drug-likeness (QED) is 0.861. The van der Waals surface area contributed by atoms with Crippen LogP contribution in [0.15, 0.2) is 24.5 Å². The smallest absolute Gasteiger partial charge is 0.0710 e. The summed E-state index contributed by atoms with van der Waals surface area (Å²) in [5.41, 5.74) is 7.52. The third kappa shape index (κ3) is 2.88. The maximum atomic E-state index is 6.31. The summed E-state index contributed by atoms with van der Waals surface area (Å²) in [4.78, 5) is 6.65. The Kier molecular flexibility index (Phi) is 4.69. The van der Waals surface area contributed by atoms with E-state index in [4.69, 9.17) is 10.5 Å². The fourth-order valence-electron chi connectivity index (χ4n) is 2.70. The molecule has 1 saturated heterocycles. The molecule has 0 aliphatic carbocycles. The van der Waals surface area contributed by atoms with Gasteiger partial charge in [0.15, 0.2) is 0 Å². The Balaban J connectivity index is 2.16. The highest BCUT2D eigenvalue weighted by atomic mass is 16.5. The van der Waals surface area contributed by atoms with Crippen molar-refractivity contribution in [2.45, 2.75) is 38.0 Å². The number of likely N-dealkylation sites (tertiary alicyclic amines) is 1. The highest BCUT2D eigenvalue weighted by molar-refractivity contribution is 5.17. The lowest BCUT2D eigenvalue weighted by Gasteiger charge is -2.32. The highest BCUT2D eigenvalue weighted by Gasteiger charge is 2.32. The van der Waals surface area contributed by atoms with Gasteiger partial charge in [-0.2, -0.15) is 0 Å². The number of hydrogen-bond donors (Lipinski definition) is 1. The second-order valence-electron chi connectivity index (χ2n) is 4.94. The minimum absolute atomic E-state index is 0.143. The lowest BCUT2D eigenvalue weighted by Crippen LogP contribution is -2.40. The molecular formula is C14H23N3O. The van der Waals surface area contributed by atoms with E-state index in [0.717, 1.165) is 25.9 Å². The van der Waals surface area contributed by atoms with Crippen LogP contribution in [0.2, 0.25) is 0 Å². The minimum Gasteiger partial charge on any atom is -0.380 e. The van der Waals surface area contributed by atoms with Crippen molar-refractivity contribution in [3.8, 4) is 0 Å². The lowest BCUT2D eigenvalue weighted by molar-refractivity contribution is 0.0971. The van der Waals surface area contributed by atoms with Gasteiger partial charge in [0.25, 0.3) is 0 Å². The topological polar surface area (TPSA) is 51.4 Å². The van der Waals surface area contributed by atoms with Crippen LogP contribution < -0.4 is 5.73 Å². The fraction of sp³-hybridized carbons (Fsp3) is 0.643. The molecule has 2 N–H and O–H groups in total. The van der Waals surface area contributed by atoms with Gasteiger partial charge >= 0.3 is 0 Å². The zero-order valence-electron chi connectivity index (χ0n) is 11.2. The summed E-state index contributed by atoms with van der Waals surface area (Å²) < 4.78 is 5.44. The third-order valence-corrected chi connectivity index (χ3v) is 3.81. The van der Waals surface area contributed by atoms with Gasteiger partial charge in [0, 0.05) is 38.6 Å². The summed E-state index contributed by atoms with van der Waals surface area (Å²) in [6, 6.07) is 4.50. The molecule has 1 aromatic rings. The van der Waals surface area contributed by atoms with E-state index >= 15 is 0 Å². The fourth-order valence-corrected chi connectivity index (χ4v) is 2.70. The SMILES string of the molecule is CCC(N)C(c1cccnc1)N1CCC(OC)C1. The Bertz CT molecular complexity index is 357. The molecule has 0 saturated carbocycles. The molecule has 0 amide bonds. The van der Waals surface area contributed by atoms with Gasteiger partial charge < -0.3 is 10.5 Å². The summed E-state index contributed by atoms with van der Waals surface area (Å²) >= 11 is 0. The molecule has 4 nitrogen and oxygen atoms in total. The van der Waals surface area contributed by atoms with E-state index < -0.39 is 0 Å². The number of ether oxygens (including phenoxy) is 1. The lowest BCUT2D eigenvalue weighted by atomic mass is 9.98. The van der Waals surface area contributed by atoms with E-state index in [1.54, 1.807) is 13.3 Å². The number of rotatable bonds is 5. The van der Waals surface area contributed by atoms with E-state index in [0.29, 0.717) is 6.10 Å². The summed E-state index contributed by atoms with van der Waals surface area (Å²) in [7, 11) is 1.78. The van der Waals surface area contributed by atoms with Crippen LogP contribution in [0.5, 0.6) is 0 Å². The van der Waals surface area contributed by atoms with E-state index in [-0.39, 0.29) is 12.1 Å². The Morgan fingerprint density at radius 3 is 3.00 bits per heavy atom. The summed E-state index contributed by atoms with van der Waals surface area (Å²) in [5.74, 6) is 0. The van der Waals surface area contributed by atoms with Crippen molar-refractivity contribution in [3.05, 3.63) is 30.1 Å². The largest absolute Gasteiger partial charge is 0.380 e. The number of methoxy groups -OCH3 is 1. The number of hydrogen-bond acceptors (Lipinski definition) is 4. The first-order valence-corrected chi connectivity index (χ1v) is 6.68. The Hall–Kier alpha value is -0.970. The van der Waals surface area contributed by atoms with Crippen molar-refractivity contribution < 1.29 is 4.74 Å². The van der Waals surface area contributed by atoms with Crippen LogP contribution in [-0.2, 0) is 4.74 Å². The van der Waals surface area contributed by atoms with Crippen LogP contribution >= 0.6 is 0 Å². The molecule has 0 aromatic carbocycles. The van der Waals surface area contributed by atoms with E-state index in [1.165, 1.54) is 5.56 Å². The normalized spacial score (nSPS) is 24.1. The van der Waals surface area contributed by atoms with Crippen molar-refractivity contribution >= 4 is 0 Å². The van der Waals surface area contributed by atoms with Crippen molar-refractivity contribution in [1.82, 2.24) is 9.88 Å². The van der Waals surface area contributed by atoms with Gasteiger partial charge in [-0.3, -0.25) is 9.88 Å².